The number of hydrogen-bond acceptors (Lipinski definition) is 3. The summed E-state index contributed by atoms with van der Waals surface area (Å²) in [5.41, 5.74) is 0. The molecule has 2 aliphatic rings. The van der Waals surface area contributed by atoms with Crippen molar-refractivity contribution in [3.8, 4) is 0 Å². The van der Waals surface area contributed by atoms with E-state index < -0.39 is 0 Å². The first-order valence-corrected chi connectivity index (χ1v) is 5.02. The third kappa shape index (κ3) is 1.84. The summed E-state index contributed by atoms with van der Waals surface area (Å²) in [6.07, 6.45) is 3.21. The van der Waals surface area contributed by atoms with Crippen LogP contribution in [0.4, 0.5) is 0 Å². The highest BCUT2D eigenvalue weighted by molar-refractivity contribution is 5.77. The molecule has 1 N–H and O–H groups in total. The highest BCUT2D eigenvalue weighted by Gasteiger charge is 2.28. The van der Waals surface area contributed by atoms with Crippen LogP contribution in [0, 0.1) is 0 Å². The van der Waals surface area contributed by atoms with Gasteiger partial charge in [-0.3, -0.25) is 9.80 Å². The van der Waals surface area contributed by atoms with Crippen molar-refractivity contribution in [2.45, 2.75) is 25.3 Å². The summed E-state index contributed by atoms with van der Waals surface area (Å²) in [5.74, 6) is 0.248. The van der Waals surface area contributed by atoms with Gasteiger partial charge in [-0.05, 0) is 19.4 Å². The Hall–Kier alpha value is -0.610. The summed E-state index contributed by atoms with van der Waals surface area (Å²) in [6, 6.07) is 0.591. The molecule has 2 fully saturated rings. The van der Waals surface area contributed by atoms with E-state index in [2.05, 4.69) is 10.3 Å². The molecule has 0 radical (unpaired) electrons. The van der Waals surface area contributed by atoms with E-state index in [9.17, 15) is 4.79 Å². The van der Waals surface area contributed by atoms with E-state index >= 15 is 0 Å². The van der Waals surface area contributed by atoms with Crippen molar-refractivity contribution in [1.29, 1.82) is 0 Å². The first-order valence-electron chi connectivity index (χ1n) is 5.02. The van der Waals surface area contributed by atoms with Gasteiger partial charge in [-0.2, -0.15) is 0 Å². The van der Waals surface area contributed by atoms with Gasteiger partial charge in [-0.1, -0.05) is 0 Å². The van der Waals surface area contributed by atoms with Crippen LogP contribution in [0.5, 0.6) is 0 Å². The minimum Gasteiger partial charge on any atom is -0.313 e. The van der Waals surface area contributed by atoms with Crippen molar-refractivity contribution in [3.05, 3.63) is 0 Å². The van der Waals surface area contributed by atoms with Gasteiger partial charge in [-0.25, -0.2) is 5.01 Å². The minimum absolute atomic E-state index is 0.248. The molecular weight excluding hydrogens is 166 g/mol. The summed E-state index contributed by atoms with van der Waals surface area (Å²) in [6.45, 7) is 3.02. The lowest BCUT2D eigenvalue weighted by Crippen LogP contribution is -2.43. The average molecular weight is 183 g/mol. The topological polar surface area (TPSA) is 35.6 Å². The van der Waals surface area contributed by atoms with E-state index in [0.717, 1.165) is 19.6 Å². The highest BCUT2D eigenvalue weighted by atomic mass is 16.2. The standard InChI is InChI=1S/C9H17N3O/c1-11-9(13)4-6-12(11)7-8-3-2-5-10-8/h8,10H,2-7H2,1H3. The molecule has 2 rings (SSSR count). The number of carbonyl (C=O) groups excluding carboxylic acids is 1. The lowest BCUT2D eigenvalue weighted by atomic mass is 10.2. The molecule has 2 aliphatic heterocycles. The average Bonchev–Trinajstić information content (AvgIpc) is 2.71. The number of rotatable bonds is 2. The first-order chi connectivity index (χ1) is 6.27. The molecule has 74 valence electrons. The number of carbonyl (C=O) groups is 1. The van der Waals surface area contributed by atoms with E-state index in [1.165, 1.54) is 12.8 Å². The molecule has 13 heavy (non-hydrogen) atoms. The lowest BCUT2D eigenvalue weighted by molar-refractivity contribution is -0.135. The molecule has 4 heteroatoms. The Morgan fingerprint density at radius 3 is 3.00 bits per heavy atom. The van der Waals surface area contributed by atoms with E-state index in [4.69, 9.17) is 0 Å². The Bertz CT molecular complexity index is 201. The molecule has 0 aromatic carbocycles. The Morgan fingerprint density at radius 2 is 2.46 bits per heavy atom. The van der Waals surface area contributed by atoms with Gasteiger partial charge in [0.05, 0.1) is 0 Å². The smallest absolute Gasteiger partial charge is 0.237 e. The van der Waals surface area contributed by atoms with Gasteiger partial charge in [0, 0.05) is 32.6 Å². The quantitative estimate of drug-likeness (QED) is 0.645. The maximum absolute atomic E-state index is 11.2. The molecule has 0 bridgehead atoms. The molecule has 1 amide bonds. The van der Waals surface area contributed by atoms with Crippen molar-refractivity contribution in [2.24, 2.45) is 0 Å². The summed E-state index contributed by atoms with van der Waals surface area (Å²) in [7, 11) is 1.87. The first kappa shape index (κ1) is 8.97. The fourth-order valence-electron chi connectivity index (χ4n) is 2.07. The predicted molar refractivity (Wildman–Crippen MR) is 50.0 cm³/mol. The Balaban J connectivity index is 1.84. The molecule has 2 saturated heterocycles. The summed E-state index contributed by atoms with van der Waals surface area (Å²) >= 11 is 0. The molecule has 0 spiro atoms. The largest absolute Gasteiger partial charge is 0.313 e. The van der Waals surface area contributed by atoms with Crippen LogP contribution >= 0.6 is 0 Å². The second kappa shape index (κ2) is 3.64. The third-order valence-corrected chi connectivity index (χ3v) is 2.96. The van der Waals surface area contributed by atoms with Gasteiger partial charge in [-0.15, -0.1) is 0 Å². The molecule has 0 aliphatic carbocycles. The van der Waals surface area contributed by atoms with Crippen molar-refractivity contribution >= 4 is 5.91 Å². The number of hydrogen-bond donors (Lipinski definition) is 1. The summed E-state index contributed by atoms with van der Waals surface area (Å²) in [4.78, 5) is 11.2. The normalized spacial score (nSPS) is 30.4. The SMILES string of the molecule is CN1C(=O)CCN1CC1CCCN1. The zero-order valence-electron chi connectivity index (χ0n) is 8.12. The van der Waals surface area contributed by atoms with Crippen LogP contribution in [0.2, 0.25) is 0 Å². The zero-order chi connectivity index (χ0) is 9.26. The second-order valence-electron chi connectivity index (χ2n) is 3.87. The molecule has 2 heterocycles. The van der Waals surface area contributed by atoms with Crippen LogP contribution in [-0.2, 0) is 4.79 Å². The van der Waals surface area contributed by atoms with Crippen molar-refractivity contribution in [2.75, 3.05) is 26.7 Å². The molecular formula is C9H17N3O. The number of hydrazine groups is 1. The lowest BCUT2D eigenvalue weighted by Gasteiger charge is -2.26. The van der Waals surface area contributed by atoms with Crippen LogP contribution in [0.25, 0.3) is 0 Å². The molecule has 1 atom stereocenters. The number of nitrogens with zero attached hydrogens (tertiary/aromatic N) is 2. The van der Waals surface area contributed by atoms with E-state index in [1.807, 2.05) is 7.05 Å². The summed E-state index contributed by atoms with van der Waals surface area (Å²) in [5, 5.41) is 7.35. The second-order valence-corrected chi connectivity index (χ2v) is 3.87. The van der Waals surface area contributed by atoms with E-state index in [-0.39, 0.29) is 5.91 Å². The zero-order valence-corrected chi connectivity index (χ0v) is 8.12. The fraction of sp³-hybridized carbons (Fsp3) is 0.889. The predicted octanol–water partition coefficient (Wildman–Crippen LogP) is -0.182. The van der Waals surface area contributed by atoms with Crippen molar-refractivity contribution < 1.29 is 4.79 Å². The van der Waals surface area contributed by atoms with Gasteiger partial charge in [0.2, 0.25) is 5.91 Å². The molecule has 0 aromatic rings. The Kier molecular flexibility index (Phi) is 2.51. The van der Waals surface area contributed by atoms with Gasteiger partial charge in [0.1, 0.15) is 0 Å². The van der Waals surface area contributed by atoms with Crippen LogP contribution in [0.1, 0.15) is 19.3 Å². The number of nitrogens with one attached hydrogen (secondary N) is 1. The highest BCUT2D eigenvalue weighted by Crippen LogP contribution is 2.13. The van der Waals surface area contributed by atoms with Gasteiger partial charge in [0.25, 0.3) is 0 Å². The van der Waals surface area contributed by atoms with Gasteiger partial charge < -0.3 is 5.32 Å². The van der Waals surface area contributed by atoms with Crippen LogP contribution < -0.4 is 5.32 Å². The van der Waals surface area contributed by atoms with Gasteiger partial charge >= 0.3 is 0 Å². The third-order valence-electron chi connectivity index (χ3n) is 2.96. The molecule has 4 nitrogen and oxygen atoms in total. The maximum Gasteiger partial charge on any atom is 0.237 e. The number of amides is 1. The van der Waals surface area contributed by atoms with Crippen LogP contribution in [-0.4, -0.2) is 48.6 Å². The molecule has 1 unspecified atom stereocenters. The Morgan fingerprint density at radius 1 is 1.62 bits per heavy atom. The maximum atomic E-state index is 11.2. The minimum atomic E-state index is 0.248. The van der Waals surface area contributed by atoms with Gasteiger partial charge in [0.15, 0.2) is 0 Å². The van der Waals surface area contributed by atoms with Crippen LogP contribution in [0.3, 0.4) is 0 Å². The fourth-order valence-corrected chi connectivity index (χ4v) is 2.07. The molecule has 0 aromatic heterocycles. The monoisotopic (exact) mass is 183 g/mol. The Labute approximate surface area is 78.8 Å². The molecule has 0 saturated carbocycles. The van der Waals surface area contributed by atoms with Crippen molar-refractivity contribution in [1.82, 2.24) is 15.3 Å². The van der Waals surface area contributed by atoms with Crippen molar-refractivity contribution in [3.63, 3.8) is 0 Å². The van der Waals surface area contributed by atoms with Crippen LogP contribution in [0.15, 0.2) is 0 Å². The van der Waals surface area contributed by atoms with E-state index in [0.29, 0.717) is 12.5 Å². The van der Waals surface area contributed by atoms with E-state index in [1.54, 1.807) is 5.01 Å². The summed E-state index contributed by atoms with van der Waals surface area (Å²) < 4.78 is 0.